The molecule has 0 radical (unpaired) electrons. The third-order valence-corrected chi connectivity index (χ3v) is 3.68. The van der Waals surface area contributed by atoms with Crippen molar-refractivity contribution >= 4 is 39.4 Å². The van der Waals surface area contributed by atoms with E-state index in [-0.39, 0.29) is 12.0 Å². The van der Waals surface area contributed by atoms with Crippen molar-refractivity contribution in [2.75, 3.05) is 0 Å². The van der Waals surface area contributed by atoms with Gasteiger partial charge in [0.25, 0.3) is 5.91 Å². The summed E-state index contributed by atoms with van der Waals surface area (Å²) in [4.78, 5) is 30.0. The molecule has 0 fully saturated rings. The smallest absolute Gasteiger partial charge is 0.326 e. The second kappa shape index (κ2) is 6.73. The number of nitrogens with one attached hydrogen (secondary N) is 2. The van der Waals surface area contributed by atoms with E-state index in [1.54, 1.807) is 12.1 Å². The minimum Gasteiger partial charge on any atom is -0.480 e. The zero-order valence-electron chi connectivity index (χ0n) is 10.6. The van der Waals surface area contributed by atoms with Crippen molar-refractivity contribution in [1.82, 2.24) is 15.3 Å². The Morgan fingerprint density at radius 3 is 2.86 bits per heavy atom. The number of carboxylic acids is 1. The minimum absolute atomic E-state index is 0.110. The Bertz CT molecular complexity index is 661. The van der Waals surface area contributed by atoms with Crippen molar-refractivity contribution in [3.8, 4) is 0 Å². The predicted octanol–water partition coefficient (Wildman–Crippen LogP) is 2.25. The lowest BCUT2D eigenvalue weighted by Gasteiger charge is -2.14. The highest BCUT2D eigenvalue weighted by Crippen LogP contribution is 2.21. The summed E-state index contributed by atoms with van der Waals surface area (Å²) in [5, 5.41) is 12.1. The van der Waals surface area contributed by atoms with Gasteiger partial charge in [-0.25, -0.2) is 9.78 Å². The maximum Gasteiger partial charge on any atom is 0.326 e. The van der Waals surface area contributed by atoms with Crippen molar-refractivity contribution in [3.05, 3.63) is 51.5 Å². The summed E-state index contributed by atoms with van der Waals surface area (Å²) in [5.74, 6) is -1.65. The van der Waals surface area contributed by atoms with Crippen LogP contribution >= 0.6 is 27.5 Å². The van der Waals surface area contributed by atoms with Gasteiger partial charge in [-0.15, -0.1) is 0 Å². The summed E-state index contributed by atoms with van der Waals surface area (Å²) < 4.78 is 0.537. The fourth-order valence-electron chi connectivity index (χ4n) is 1.72. The van der Waals surface area contributed by atoms with Crippen LogP contribution in [0, 0.1) is 0 Å². The van der Waals surface area contributed by atoms with Crippen molar-refractivity contribution in [2.45, 2.75) is 12.5 Å². The van der Waals surface area contributed by atoms with Crippen LogP contribution in [-0.4, -0.2) is 33.0 Å². The van der Waals surface area contributed by atoms with Gasteiger partial charge in [0.2, 0.25) is 0 Å². The fraction of sp³-hybridized carbons (Fsp3) is 0.154. The van der Waals surface area contributed by atoms with Gasteiger partial charge in [0.05, 0.1) is 11.9 Å². The van der Waals surface area contributed by atoms with E-state index >= 15 is 0 Å². The minimum atomic E-state index is -1.13. The van der Waals surface area contributed by atoms with Crippen LogP contribution in [0.5, 0.6) is 0 Å². The van der Waals surface area contributed by atoms with E-state index in [9.17, 15) is 14.7 Å². The lowest BCUT2D eigenvalue weighted by molar-refractivity contribution is -0.139. The number of hydrogen-bond donors (Lipinski definition) is 3. The Morgan fingerprint density at radius 2 is 2.24 bits per heavy atom. The number of benzene rings is 1. The van der Waals surface area contributed by atoms with Gasteiger partial charge in [-0.3, -0.25) is 4.79 Å². The number of carboxylic acid groups (broad SMARTS) is 1. The van der Waals surface area contributed by atoms with Gasteiger partial charge in [-0.1, -0.05) is 11.6 Å². The summed E-state index contributed by atoms with van der Waals surface area (Å²) in [5.41, 5.74) is 0.895. The van der Waals surface area contributed by atoms with Crippen LogP contribution in [0.1, 0.15) is 16.1 Å². The van der Waals surface area contributed by atoms with Crippen LogP contribution < -0.4 is 5.32 Å². The van der Waals surface area contributed by atoms with E-state index in [2.05, 4.69) is 31.2 Å². The summed E-state index contributed by atoms with van der Waals surface area (Å²) in [7, 11) is 0. The van der Waals surface area contributed by atoms with E-state index < -0.39 is 17.9 Å². The summed E-state index contributed by atoms with van der Waals surface area (Å²) in [6, 6.07) is 3.66. The summed E-state index contributed by atoms with van der Waals surface area (Å²) in [6.45, 7) is 0. The number of amides is 1. The molecule has 0 unspecified atom stereocenters. The Kier molecular flexibility index (Phi) is 4.98. The van der Waals surface area contributed by atoms with E-state index in [0.717, 1.165) is 0 Å². The highest BCUT2D eigenvalue weighted by atomic mass is 79.9. The van der Waals surface area contributed by atoms with Gasteiger partial charge in [-0.2, -0.15) is 0 Å². The van der Waals surface area contributed by atoms with Crippen molar-refractivity contribution < 1.29 is 14.7 Å². The zero-order chi connectivity index (χ0) is 15.4. The van der Waals surface area contributed by atoms with Crippen LogP contribution in [0.2, 0.25) is 5.02 Å². The van der Waals surface area contributed by atoms with E-state index in [1.165, 1.54) is 18.6 Å². The highest BCUT2D eigenvalue weighted by Gasteiger charge is 2.22. The van der Waals surface area contributed by atoms with Crippen LogP contribution in [0.3, 0.4) is 0 Å². The van der Waals surface area contributed by atoms with Gasteiger partial charge in [-0.05, 0) is 34.1 Å². The molecule has 1 aromatic carbocycles. The Labute approximate surface area is 133 Å². The Balaban J connectivity index is 2.14. The van der Waals surface area contributed by atoms with Crippen LogP contribution in [0.4, 0.5) is 0 Å². The average molecular weight is 373 g/mol. The molecule has 1 amide bonds. The predicted molar refractivity (Wildman–Crippen MR) is 80.3 cm³/mol. The number of aromatic amines is 1. The van der Waals surface area contributed by atoms with Gasteiger partial charge >= 0.3 is 5.97 Å². The topological polar surface area (TPSA) is 95.1 Å². The largest absolute Gasteiger partial charge is 0.480 e. The first-order chi connectivity index (χ1) is 9.97. The van der Waals surface area contributed by atoms with Crippen molar-refractivity contribution in [2.24, 2.45) is 0 Å². The molecule has 0 aliphatic heterocycles. The number of aromatic nitrogens is 2. The SMILES string of the molecule is O=C(N[C@H](Cc1cnc[nH]1)C(=O)O)c1cc(Cl)ccc1Br. The monoisotopic (exact) mass is 371 g/mol. The third-order valence-electron chi connectivity index (χ3n) is 2.76. The molecule has 8 heteroatoms. The first-order valence-electron chi connectivity index (χ1n) is 5.93. The normalized spacial score (nSPS) is 11.9. The standard InChI is InChI=1S/C13H11BrClN3O3/c14-10-2-1-7(15)3-9(10)12(19)18-11(13(20)21)4-8-5-16-6-17-8/h1-3,5-6,11H,4H2,(H,16,17)(H,18,19)(H,20,21)/t11-/m1/s1. The zero-order valence-corrected chi connectivity index (χ0v) is 13.0. The molecule has 0 saturated carbocycles. The maximum atomic E-state index is 12.2. The molecule has 0 aliphatic rings. The molecule has 2 aromatic rings. The number of hydrogen-bond acceptors (Lipinski definition) is 3. The van der Waals surface area contributed by atoms with E-state index in [1.807, 2.05) is 0 Å². The molecular weight excluding hydrogens is 362 g/mol. The lowest BCUT2D eigenvalue weighted by Crippen LogP contribution is -2.42. The highest BCUT2D eigenvalue weighted by molar-refractivity contribution is 9.10. The number of aliphatic carboxylic acids is 1. The molecule has 1 heterocycles. The number of H-pyrrole nitrogens is 1. The number of rotatable bonds is 5. The molecule has 0 saturated heterocycles. The van der Waals surface area contributed by atoms with Gasteiger partial charge < -0.3 is 15.4 Å². The van der Waals surface area contributed by atoms with Crippen molar-refractivity contribution in [1.29, 1.82) is 0 Å². The first-order valence-corrected chi connectivity index (χ1v) is 7.10. The average Bonchev–Trinajstić information content (AvgIpc) is 2.93. The van der Waals surface area contributed by atoms with Crippen LogP contribution in [0.25, 0.3) is 0 Å². The van der Waals surface area contributed by atoms with Gasteiger partial charge in [0.15, 0.2) is 0 Å². The number of halogens is 2. The molecular formula is C13H11BrClN3O3. The first kappa shape index (κ1) is 15.5. The molecule has 0 bridgehead atoms. The molecule has 3 N–H and O–H groups in total. The molecule has 6 nitrogen and oxygen atoms in total. The lowest BCUT2D eigenvalue weighted by atomic mass is 10.1. The molecule has 0 aliphatic carbocycles. The van der Waals surface area contributed by atoms with Crippen LogP contribution in [0.15, 0.2) is 35.2 Å². The fourth-order valence-corrected chi connectivity index (χ4v) is 2.32. The van der Waals surface area contributed by atoms with E-state index in [0.29, 0.717) is 15.2 Å². The van der Waals surface area contributed by atoms with Gasteiger partial charge in [0, 0.05) is 27.8 Å². The molecule has 2 rings (SSSR count). The van der Waals surface area contributed by atoms with Gasteiger partial charge in [0.1, 0.15) is 6.04 Å². The summed E-state index contributed by atoms with van der Waals surface area (Å²) in [6.07, 6.45) is 3.07. The Morgan fingerprint density at radius 1 is 1.48 bits per heavy atom. The second-order valence-corrected chi connectivity index (χ2v) is 5.56. The number of imidazole rings is 1. The summed E-state index contributed by atoms with van der Waals surface area (Å²) >= 11 is 9.08. The molecule has 21 heavy (non-hydrogen) atoms. The van der Waals surface area contributed by atoms with Crippen molar-refractivity contribution in [3.63, 3.8) is 0 Å². The molecule has 110 valence electrons. The number of carbonyl (C=O) groups excluding carboxylic acids is 1. The molecule has 1 aromatic heterocycles. The quantitative estimate of drug-likeness (QED) is 0.750. The number of carbonyl (C=O) groups is 2. The third kappa shape index (κ3) is 4.05. The maximum absolute atomic E-state index is 12.2. The second-order valence-electron chi connectivity index (χ2n) is 4.27. The van der Waals surface area contributed by atoms with Crippen LogP contribution in [-0.2, 0) is 11.2 Å². The molecule has 1 atom stereocenters. The Hall–Kier alpha value is -1.86. The number of nitrogens with zero attached hydrogens (tertiary/aromatic N) is 1. The molecule has 0 spiro atoms. The van der Waals surface area contributed by atoms with E-state index in [4.69, 9.17) is 11.6 Å².